The zero-order valence-electron chi connectivity index (χ0n) is 40.7. The van der Waals surface area contributed by atoms with Gasteiger partial charge < -0.3 is 34.6 Å². The van der Waals surface area contributed by atoms with Crippen molar-refractivity contribution in [3.8, 4) is 11.3 Å². The summed E-state index contributed by atoms with van der Waals surface area (Å²) >= 11 is 0. The average molecular weight is 941 g/mol. The first-order chi connectivity index (χ1) is 33.9. The maximum atomic E-state index is 15.3. The standard InChI is InChI=1S/C52H60N16O2/c1-30(2)64-16-12-38(13-17-64)68-41(26-66-49-44(47(53)55-28-58-49)45(62-66)37-23-60-61-24-37)22-36-11-10-34(33(5)43(36)52(68)70)20-32(4)65-18-14-39(15-19-65)67-40(21-35-9-7-8-31(3)42(35)51(67)69)25-63(6)50-46-48(56-27-54-46)57-29-59-50/h7-11,21-24,27-30,32,38-39H,12-20,25-26H2,1-6H3,(H,60,61)(H2,53,55,58)(H,54,56,57,59). The van der Waals surface area contributed by atoms with Gasteiger partial charge in [-0.3, -0.25) is 14.7 Å². The van der Waals surface area contributed by atoms with E-state index in [-0.39, 0.29) is 29.2 Å². The van der Waals surface area contributed by atoms with E-state index in [2.05, 4.69) is 116 Å². The van der Waals surface area contributed by atoms with Crippen LogP contribution in [0.15, 0.2) is 83.4 Å². The van der Waals surface area contributed by atoms with Gasteiger partial charge in [-0.2, -0.15) is 10.2 Å². The molecule has 0 saturated carbocycles. The largest absolute Gasteiger partial charge is 0.383 e. The highest BCUT2D eigenvalue weighted by Gasteiger charge is 2.30. The third kappa shape index (κ3) is 7.97. The summed E-state index contributed by atoms with van der Waals surface area (Å²) < 4.78 is 5.97. The number of aromatic nitrogens is 12. The molecule has 1 unspecified atom stereocenters. The number of nitrogen functional groups attached to an aromatic ring is 1. The Morgan fingerprint density at radius 2 is 1.50 bits per heavy atom. The number of H-pyrrole nitrogens is 2. The number of likely N-dealkylation sites (tertiary alicyclic amines) is 2. The fourth-order valence-corrected chi connectivity index (χ4v) is 11.5. The minimum absolute atomic E-state index is 0.0273. The number of imidazole rings is 1. The van der Waals surface area contributed by atoms with Gasteiger partial charge in [-0.25, -0.2) is 29.6 Å². The average Bonchev–Trinajstić information content (AvgIpc) is 4.15. The van der Waals surface area contributed by atoms with Crippen molar-refractivity contribution in [2.75, 3.05) is 43.9 Å². The molecule has 0 bridgehead atoms. The predicted octanol–water partition coefficient (Wildman–Crippen LogP) is 6.71. The highest BCUT2D eigenvalue weighted by molar-refractivity contribution is 5.98. The molecule has 70 heavy (non-hydrogen) atoms. The van der Waals surface area contributed by atoms with E-state index < -0.39 is 0 Å². The van der Waals surface area contributed by atoms with Crippen LogP contribution in [0.3, 0.4) is 0 Å². The van der Waals surface area contributed by atoms with Gasteiger partial charge in [0.15, 0.2) is 17.1 Å². The molecule has 0 aliphatic carbocycles. The lowest BCUT2D eigenvalue weighted by atomic mass is 9.94. The maximum absolute atomic E-state index is 15.3. The molecule has 7 aromatic heterocycles. The van der Waals surface area contributed by atoms with Crippen LogP contribution in [0.1, 0.15) is 86.6 Å². The first-order valence-corrected chi connectivity index (χ1v) is 24.5. The van der Waals surface area contributed by atoms with Crippen molar-refractivity contribution in [1.82, 2.24) is 68.8 Å². The third-order valence-electron chi connectivity index (χ3n) is 15.2. The number of hydrogen-bond donors (Lipinski definition) is 3. The van der Waals surface area contributed by atoms with Crippen LogP contribution in [0.5, 0.6) is 0 Å². The van der Waals surface area contributed by atoms with Crippen LogP contribution >= 0.6 is 0 Å². The summed E-state index contributed by atoms with van der Waals surface area (Å²) in [7, 11) is 1.99. The second-order valence-electron chi connectivity index (χ2n) is 19.8. The number of hydrogen-bond acceptors (Lipinski definition) is 13. The number of nitrogens with one attached hydrogen (secondary N) is 2. The Balaban J connectivity index is 0.876. The summed E-state index contributed by atoms with van der Waals surface area (Å²) in [6.45, 7) is 15.2. The molecule has 11 rings (SSSR count). The molecular weight excluding hydrogens is 881 g/mol. The number of aryl methyl sites for hydroxylation is 2. The molecule has 2 saturated heterocycles. The molecule has 0 spiro atoms. The van der Waals surface area contributed by atoms with Gasteiger partial charge in [-0.15, -0.1) is 0 Å². The number of nitrogens with two attached hydrogens (primary N) is 1. The summed E-state index contributed by atoms with van der Waals surface area (Å²) in [6, 6.07) is 15.5. The summed E-state index contributed by atoms with van der Waals surface area (Å²) in [4.78, 5) is 62.4. The maximum Gasteiger partial charge on any atom is 0.259 e. The van der Waals surface area contributed by atoms with Crippen LogP contribution in [0.4, 0.5) is 11.6 Å². The van der Waals surface area contributed by atoms with Crippen molar-refractivity contribution in [2.45, 2.75) is 104 Å². The first-order valence-electron chi connectivity index (χ1n) is 24.5. The monoisotopic (exact) mass is 941 g/mol. The predicted molar refractivity (Wildman–Crippen MR) is 274 cm³/mol. The SMILES string of the molecule is Cc1cccc2cc(CN(C)c3ncnc4[nH]cnc34)n(C3CCN(C(C)Cc4ccc5cc(Cn6nc(-c7cn[nH]c7)c7c(N)ncnc76)n(C6CCN(C(C)C)CC6)c(=O)c5c4C)CC3)c(=O)c12. The number of pyridine rings is 2. The fourth-order valence-electron chi connectivity index (χ4n) is 11.5. The van der Waals surface area contributed by atoms with Crippen molar-refractivity contribution in [2.24, 2.45) is 0 Å². The molecule has 0 radical (unpaired) electrons. The number of aromatic amines is 2. The Hall–Kier alpha value is -7.31. The van der Waals surface area contributed by atoms with E-state index in [0.717, 1.165) is 108 Å². The normalized spacial score (nSPS) is 16.2. The lowest BCUT2D eigenvalue weighted by molar-refractivity contribution is 0.140. The van der Waals surface area contributed by atoms with Crippen molar-refractivity contribution in [3.05, 3.63) is 123 Å². The molecule has 9 heterocycles. The van der Waals surface area contributed by atoms with Crippen LogP contribution in [0.2, 0.25) is 0 Å². The summed E-state index contributed by atoms with van der Waals surface area (Å²) in [5, 5.41) is 16.1. The Bertz CT molecular complexity index is 3520. The second-order valence-corrected chi connectivity index (χ2v) is 19.8. The molecule has 1 atom stereocenters. The van der Waals surface area contributed by atoms with E-state index in [9.17, 15) is 4.79 Å². The van der Waals surface area contributed by atoms with E-state index in [4.69, 9.17) is 10.8 Å². The van der Waals surface area contributed by atoms with Gasteiger partial charge in [0.2, 0.25) is 0 Å². The number of nitrogens with zero attached hydrogens (tertiary/aromatic N) is 13. The highest BCUT2D eigenvalue weighted by Crippen LogP contribution is 2.34. The molecule has 18 nitrogen and oxygen atoms in total. The van der Waals surface area contributed by atoms with E-state index in [1.165, 1.54) is 11.9 Å². The zero-order chi connectivity index (χ0) is 48.4. The summed E-state index contributed by atoms with van der Waals surface area (Å²) in [5.41, 5.74) is 14.9. The van der Waals surface area contributed by atoms with Gasteiger partial charge in [-0.1, -0.05) is 30.3 Å². The van der Waals surface area contributed by atoms with E-state index in [1.54, 1.807) is 25.0 Å². The Labute approximate surface area is 404 Å². The fraction of sp³-hybridized carbons (Fsp3) is 0.404. The molecule has 18 heteroatoms. The topological polar surface area (TPSA) is 206 Å². The van der Waals surface area contributed by atoms with E-state index in [0.29, 0.717) is 58.7 Å². The van der Waals surface area contributed by atoms with E-state index in [1.807, 2.05) is 36.9 Å². The molecule has 9 aromatic rings. The minimum atomic E-state index is 0.0273. The Morgan fingerprint density at radius 1 is 0.800 bits per heavy atom. The molecule has 360 valence electrons. The lowest BCUT2D eigenvalue weighted by Crippen LogP contribution is -2.43. The van der Waals surface area contributed by atoms with Crippen molar-refractivity contribution < 1.29 is 0 Å². The summed E-state index contributed by atoms with van der Waals surface area (Å²) in [6.07, 6.45) is 12.3. The second kappa shape index (κ2) is 18.2. The number of anilines is 2. The number of fused-ring (bicyclic) bond motifs is 4. The molecule has 2 aliphatic heterocycles. The molecule has 4 N–H and O–H groups in total. The van der Waals surface area contributed by atoms with E-state index >= 15 is 4.79 Å². The minimum Gasteiger partial charge on any atom is -0.383 e. The Morgan fingerprint density at radius 3 is 2.24 bits per heavy atom. The van der Waals surface area contributed by atoms with Crippen molar-refractivity contribution in [1.29, 1.82) is 0 Å². The first kappa shape index (κ1) is 45.2. The highest BCUT2D eigenvalue weighted by atomic mass is 16.1. The quantitative estimate of drug-likeness (QED) is 0.117. The van der Waals surface area contributed by atoms with Crippen LogP contribution in [0.25, 0.3) is 55.0 Å². The van der Waals surface area contributed by atoms with Gasteiger partial charge in [0, 0.05) is 80.5 Å². The molecule has 2 aromatic carbocycles. The van der Waals surface area contributed by atoms with Gasteiger partial charge in [0.05, 0.1) is 41.8 Å². The van der Waals surface area contributed by atoms with Crippen LogP contribution in [-0.2, 0) is 19.5 Å². The number of rotatable bonds is 12. The summed E-state index contributed by atoms with van der Waals surface area (Å²) in [5.74, 6) is 1.05. The van der Waals surface area contributed by atoms with Crippen LogP contribution < -0.4 is 21.8 Å². The van der Waals surface area contributed by atoms with Crippen molar-refractivity contribution >= 4 is 55.4 Å². The molecular formula is C52H60N16O2. The lowest BCUT2D eigenvalue weighted by Gasteiger charge is -2.38. The molecule has 0 amide bonds. The Kier molecular flexibility index (Phi) is 11.7. The van der Waals surface area contributed by atoms with Gasteiger partial charge in [0.25, 0.3) is 11.1 Å². The zero-order valence-corrected chi connectivity index (χ0v) is 40.7. The smallest absolute Gasteiger partial charge is 0.259 e. The molecule has 2 fully saturated rings. The van der Waals surface area contributed by atoms with Gasteiger partial charge in [0.1, 0.15) is 29.7 Å². The van der Waals surface area contributed by atoms with Crippen LogP contribution in [0, 0.1) is 13.8 Å². The van der Waals surface area contributed by atoms with Gasteiger partial charge in [-0.05, 0) is 106 Å². The van der Waals surface area contributed by atoms with Gasteiger partial charge >= 0.3 is 0 Å². The third-order valence-corrected chi connectivity index (χ3v) is 15.2. The molecule has 2 aliphatic rings. The number of benzene rings is 2. The van der Waals surface area contributed by atoms with Crippen LogP contribution in [-0.4, -0.2) is 114 Å². The van der Waals surface area contributed by atoms with Crippen molar-refractivity contribution in [3.63, 3.8) is 0 Å². The number of piperidine rings is 2.